The third-order valence-electron chi connectivity index (χ3n) is 5.00. The van der Waals surface area contributed by atoms with E-state index in [1.165, 1.54) is 27.8 Å². The second-order valence-corrected chi connectivity index (χ2v) is 10.1. The van der Waals surface area contributed by atoms with Gasteiger partial charge in [0.2, 0.25) is 10.0 Å². The number of hydrogen-bond donors (Lipinski definition) is 0. The van der Waals surface area contributed by atoms with E-state index in [1.54, 1.807) is 0 Å². The van der Waals surface area contributed by atoms with Gasteiger partial charge < -0.3 is 4.74 Å². The summed E-state index contributed by atoms with van der Waals surface area (Å²) in [5.74, 6) is 0.0166. The summed E-state index contributed by atoms with van der Waals surface area (Å²) in [6.07, 6.45) is 2.29. The number of aromatic nitrogens is 1. The molecule has 2 heterocycles. The van der Waals surface area contributed by atoms with Crippen LogP contribution in [-0.4, -0.2) is 35.7 Å². The first-order valence-electron chi connectivity index (χ1n) is 9.82. The van der Waals surface area contributed by atoms with Crippen LogP contribution in [0.15, 0.2) is 58.8 Å². The molecule has 1 aliphatic heterocycles. The summed E-state index contributed by atoms with van der Waals surface area (Å²) >= 11 is 1.50. The molecule has 0 saturated carbocycles. The quantitative estimate of drug-likeness (QED) is 0.373. The van der Waals surface area contributed by atoms with Crippen molar-refractivity contribution in [2.75, 3.05) is 13.1 Å². The molecule has 0 bridgehead atoms. The van der Waals surface area contributed by atoms with Crippen LogP contribution in [0.5, 0.6) is 5.75 Å². The van der Waals surface area contributed by atoms with E-state index < -0.39 is 14.9 Å². The Morgan fingerprint density at radius 2 is 1.87 bits per heavy atom. The van der Waals surface area contributed by atoms with Crippen molar-refractivity contribution in [1.82, 2.24) is 9.29 Å². The summed E-state index contributed by atoms with van der Waals surface area (Å²) < 4.78 is 32.4. The van der Waals surface area contributed by atoms with Gasteiger partial charge in [-0.25, -0.2) is 13.4 Å². The third kappa shape index (κ3) is 4.92. The van der Waals surface area contributed by atoms with Crippen LogP contribution >= 0.6 is 11.3 Å². The lowest BCUT2D eigenvalue weighted by Crippen LogP contribution is -2.27. The minimum Gasteiger partial charge on any atom is -0.480 e. The lowest BCUT2D eigenvalue weighted by molar-refractivity contribution is -0.386. The summed E-state index contributed by atoms with van der Waals surface area (Å²) in [7, 11) is -3.74. The first-order chi connectivity index (χ1) is 14.9. The minimum atomic E-state index is -3.74. The van der Waals surface area contributed by atoms with Crippen LogP contribution in [0.4, 0.5) is 5.69 Å². The largest absolute Gasteiger partial charge is 0.480 e. The second kappa shape index (κ2) is 9.13. The van der Waals surface area contributed by atoms with Crippen molar-refractivity contribution in [3.63, 3.8) is 0 Å². The van der Waals surface area contributed by atoms with Crippen LogP contribution in [0.2, 0.25) is 0 Å². The first-order valence-corrected chi connectivity index (χ1v) is 12.1. The molecule has 4 rings (SSSR count). The van der Waals surface area contributed by atoms with Gasteiger partial charge in [0.1, 0.15) is 6.61 Å². The summed E-state index contributed by atoms with van der Waals surface area (Å²) in [6.45, 7) is 0.928. The molecule has 10 heteroatoms. The highest BCUT2D eigenvalue weighted by molar-refractivity contribution is 7.89. The van der Waals surface area contributed by atoms with E-state index in [-0.39, 0.29) is 22.9 Å². The number of nitro benzene ring substituents is 1. The van der Waals surface area contributed by atoms with Gasteiger partial charge in [-0.05, 0) is 30.5 Å². The fourth-order valence-electron chi connectivity index (χ4n) is 3.42. The highest BCUT2D eigenvalue weighted by Crippen LogP contribution is 2.32. The molecule has 0 atom stereocenters. The Morgan fingerprint density at radius 1 is 1.13 bits per heavy atom. The number of nitro groups is 1. The lowest BCUT2D eigenvalue weighted by atomic mass is 10.2. The van der Waals surface area contributed by atoms with Gasteiger partial charge in [-0.1, -0.05) is 30.3 Å². The fourth-order valence-corrected chi connectivity index (χ4v) is 5.77. The average Bonchev–Trinajstić information content (AvgIpc) is 3.45. The molecule has 0 N–H and O–H groups in total. The zero-order valence-corrected chi connectivity index (χ0v) is 18.3. The van der Waals surface area contributed by atoms with Crippen molar-refractivity contribution >= 4 is 27.0 Å². The Bertz CT molecular complexity index is 1170. The predicted octanol–water partition coefficient (Wildman–Crippen LogP) is 4.01. The third-order valence-corrected chi connectivity index (χ3v) is 7.80. The van der Waals surface area contributed by atoms with E-state index in [9.17, 15) is 18.5 Å². The van der Waals surface area contributed by atoms with Gasteiger partial charge in [0.25, 0.3) is 0 Å². The Balaban J connectivity index is 1.48. The van der Waals surface area contributed by atoms with Crippen LogP contribution in [0, 0.1) is 10.1 Å². The van der Waals surface area contributed by atoms with Crippen molar-refractivity contribution in [3.05, 3.63) is 80.3 Å². The van der Waals surface area contributed by atoms with Gasteiger partial charge in [-0.3, -0.25) is 10.1 Å². The van der Waals surface area contributed by atoms with Crippen LogP contribution < -0.4 is 4.74 Å². The van der Waals surface area contributed by atoms with Crippen molar-refractivity contribution in [1.29, 1.82) is 0 Å². The van der Waals surface area contributed by atoms with Crippen LogP contribution in [0.1, 0.15) is 29.1 Å². The number of ether oxygens (including phenoxy) is 1. The van der Waals surface area contributed by atoms with E-state index >= 15 is 0 Å². The number of sulfonamides is 1. The monoisotopic (exact) mass is 459 g/mol. The van der Waals surface area contributed by atoms with Gasteiger partial charge in [0, 0.05) is 31.0 Å². The zero-order chi connectivity index (χ0) is 21.8. The molecule has 1 aliphatic rings. The fraction of sp³-hybridized carbons (Fsp3) is 0.286. The van der Waals surface area contributed by atoms with E-state index in [0.29, 0.717) is 25.2 Å². The van der Waals surface area contributed by atoms with E-state index in [0.717, 1.165) is 29.5 Å². The van der Waals surface area contributed by atoms with Gasteiger partial charge >= 0.3 is 5.69 Å². The molecule has 0 aliphatic carbocycles. The molecule has 31 heavy (non-hydrogen) atoms. The molecule has 2 aromatic carbocycles. The number of nitrogens with zero attached hydrogens (tertiary/aromatic N) is 3. The number of thiazole rings is 1. The standard InChI is InChI=1S/C21H21N3O5S2/c25-24(26)19-13-18(31(27,28)23-10-4-5-11-23)8-9-20(19)29-14-17-15-30-21(22-17)12-16-6-2-1-3-7-16/h1-3,6-9,13,15H,4-5,10-12,14H2. The molecular formula is C21H21N3O5S2. The number of benzene rings is 2. The van der Waals surface area contributed by atoms with E-state index in [4.69, 9.17) is 4.74 Å². The van der Waals surface area contributed by atoms with Crippen LogP contribution in [0.3, 0.4) is 0 Å². The topological polar surface area (TPSA) is 103 Å². The zero-order valence-electron chi connectivity index (χ0n) is 16.6. The van der Waals surface area contributed by atoms with Crippen molar-refractivity contribution < 1.29 is 18.1 Å². The molecule has 1 saturated heterocycles. The normalized spacial score (nSPS) is 14.6. The maximum absolute atomic E-state index is 12.7. The van der Waals surface area contributed by atoms with Crippen molar-refractivity contribution in [2.45, 2.75) is 30.8 Å². The molecule has 8 nitrogen and oxygen atoms in total. The summed E-state index contributed by atoms with van der Waals surface area (Å²) in [5.41, 5.74) is 1.44. The first kappa shape index (κ1) is 21.4. The Kier molecular flexibility index (Phi) is 6.30. The van der Waals surface area contributed by atoms with Crippen molar-refractivity contribution in [2.24, 2.45) is 0 Å². The van der Waals surface area contributed by atoms with Crippen LogP contribution in [-0.2, 0) is 23.1 Å². The highest BCUT2D eigenvalue weighted by atomic mass is 32.2. The van der Waals surface area contributed by atoms with Gasteiger partial charge in [-0.2, -0.15) is 4.31 Å². The van der Waals surface area contributed by atoms with Crippen LogP contribution in [0.25, 0.3) is 0 Å². The summed E-state index contributed by atoms with van der Waals surface area (Å²) in [4.78, 5) is 15.4. The van der Waals surface area contributed by atoms with Crippen molar-refractivity contribution in [3.8, 4) is 5.75 Å². The van der Waals surface area contributed by atoms with Gasteiger partial charge in [-0.15, -0.1) is 11.3 Å². The molecule has 0 radical (unpaired) electrons. The highest BCUT2D eigenvalue weighted by Gasteiger charge is 2.29. The maximum Gasteiger partial charge on any atom is 0.312 e. The summed E-state index contributed by atoms with van der Waals surface area (Å²) in [5, 5.41) is 14.3. The molecular weight excluding hydrogens is 438 g/mol. The predicted molar refractivity (Wildman–Crippen MR) is 117 cm³/mol. The average molecular weight is 460 g/mol. The number of rotatable bonds is 8. The van der Waals surface area contributed by atoms with Gasteiger partial charge in [0.15, 0.2) is 5.75 Å². The second-order valence-electron chi connectivity index (χ2n) is 7.18. The van der Waals surface area contributed by atoms with E-state index in [2.05, 4.69) is 4.98 Å². The SMILES string of the molecule is O=[N+]([O-])c1cc(S(=O)(=O)N2CCCC2)ccc1OCc1csc(Cc2ccccc2)n1. The molecule has 0 spiro atoms. The molecule has 0 amide bonds. The smallest absolute Gasteiger partial charge is 0.312 e. The molecule has 3 aromatic rings. The van der Waals surface area contributed by atoms with Gasteiger partial charge in [0.05, 0.1) is 20.5 Å². The van der Waals surface area contributed by atoms with E-state index in [1.807, 2.05) is 35.7 Å². The number of hydrogen-bond acceptors (Lipinski definition) is 7. The lowest BCUT2D eigenvalue weighted by Gasteiger charge is -2.15. The molecule has 1 aromatic heterocycles. The maximum atomic E-state index is 12.7. The minimum absolute atomic E-state index is 0.0166. The molecule has 162 valence electrons. The molecule has 1 fully saturated rings. The summed E-state index contributed by atoms with van der Waals surface area (Å²) in [6, 6.07) is 13.7. The Hall–Kier alpha value is -2.82. The Labute approximate surface area is 184 Å². The Morgan fingerprint density at radius 3 is 2.58 bits per heavy atom. The molecule has 0 unspecified atom stereocenters.